The number of anilines is 1. The van der Waals surface area contributed by atoms with Crippen LogP contribution in [0.3, 0.4) is 0 Å². The fourth-order valence-corrected chi connectivity index (χ4v) is 1.18. The summed E-state index contributed by atoms with van der Waals surface area (Å²) >= 11 is 5.46. The minimum absolute atomic E-state index is 0.0763. The molecule has 0 spiro atoms. The number of aromatic carboxylic acids is 1. The van der Waals surface area contributed by atoms with Gasteiger partial charge in [-0.25, -0.2) is 9.59 Å². The van der Waals surface area contributed by atoms with Crippen molar-refractivity contribution in [1.29, 1.82) is 0 Å². The molecule has 0 bridgehead atoms. The zero-order valence-electron chi connectivity index (χ0n) is 9.24. The van der Waals surface area contributed by atoms with Gasteiger partial charge in [-0.15, -0.1) is 0 Å². The van der Waals surface area contributed by atoms with E-state index in [0.29, 0.717) is 0 Å². The van der Waals surface area contributed by atoms with E-state index in [1.54, 1.807) is 0 Å². The Labute approximate surface area is 108 Å². The number of benzene rings is 1. The molecule has 0 aliphatic carbocycles. The maximum absolute atomic E-state index is 11.3. The number of urea groups is 1. The Morgan fingerprint density at radius 1 is 1.39 bits per heavy atom. The average molecular weight is 271 g/mol. The Kier molecular flexibility index (Phi) is 4.56. The van der Waals surface area contributed by atoms with Gasteiger partial charge in [0.15, 0.2) is 0 Å². The first-order valence-electron chi connectivity index (χ1n) is 4.84. The van der Waals surface area contributed by atoms with E-state index in [9.17, 15) is 14.7 Å². The molecule has 4 N–H and O–H groups in total. The highest BCUT2D eigenvalue weighted by Crippen LogP contribution is 2.24. The van der Waals surface area contributed by atoms with Crippen LogP contribution in [0.4, 0.5) is 10.5 Å². The number of hydrogen-bond acceptors (Lipinski definition) is 3. The number of phenolic OH excluding ortho intramolecular Hbond substituents is 1. The van der Waals surface area contributed by atoms with Crippen molar-refractivity contribution in [3.63, 3.8) is 0 Å². The van der Waals surface area contributed by atoms with Crippen LogP contribution in [0.25, 0.3) is 0 Å². The molecule has 0 aromatic heterocycles. The molecule has 0 fully saturated rings. The highest BCUT2D eigenvalue weighted by molar-refractivity contribution is 6.29. The topological polar surface area (TPSA) is 98.7 Å². The molecule has 6 nitrogen and oxygen atoms in total. The van der Waals surface area contributed by atoms with Gasteiger partial charge in [0.2, 0.25) is 0 Å². The summed E-state index contributed by atoms with van der Waals surface area (Å²) in [5, 5.41) is 23.2. The number of aromatic hydroxyl groups is 1. The third-order valence-corrected chi connectivity index (χ3v) is 2.07. The highest BCUT2D eigenvalue weighted by Gasteiger charge is 2.09. The number of carbonyl (C=O) groups is 2. The largest absolute Gasteiger partial charge is 0.506 e. The summed E-state index contributed by atoms with van der Waals surface area (Å²) in [7, 11) is 0. The van der Waals surface area contributed by atoms with E-state index in [1.165, 1.54) is 12.1 Å². The number of rotatable bonds is 4. The third-order valence-electron chi connectivity index (χ3n) is 1.93. The minimum Gasteiger partial charge on any atom is -0.506 e. The van der Waals surface area contributed by atoms with Crippen LogP contribution in [-0.2, 0) is 0 Å². The summed E-state index contributed by atoms with van der Waals surface area (Å²) in [5.74, 6) is -1.51. The predicted molar refractivity (Wildman–Crippen MR) is 67.1 cm³/mol. The Morgan fingerprint density at radius 3 is 2.56 bits per heavy atom. The fraction of sp³-hybridized carbons (Fsp3) is 0.0909. The molecule has 7 heteroatoms. The van der Waals surface area contributed by atoms with Crippen molar-refractivity contribution < 1.29 is 19.8 Å². The standard InChI is InChI=1S/C11H11ClN2O4/c1-6(12)5-13-11(18)14-8-3-2-7(10(16)17)4-9(8)15/h2-4,15H,1,5H2,(H,16,17)(H2,13,14,18). The first-order valence-corrected chi connectivity index (χ1v) is 5.22. The second-order valence-electron chi connectivity index (χ2n) is 3.36. The third kappa shape index (κ3) is 3.99. The minimum atomic E-state index is -1.17. The van der Waals surface area contributed by atoms with E-state index in [1.807, 2.05) is 0 Å². The van der Waals surface area contributed by atoms with E-state index in [-0.39, 0.29) is 28.6 Å². The predicted octanol–water partition coefficient (Wildman–Crippen LogP) is 1.96. The Morgan fingerprint density at radius 2 is 2.06 bits per heavy atom. The van der Waals surface area contributed by atoms with E-state index in [4.69, 9.17) is 16.7 Å². The van der Waals surface area contributed by atoms with Crippen molar-refractivity contribution in [2.45, 2.75) is 0 Å². The lowest BCUT2D eigenvalue weighted by Gasteiger charge is -2.08. The maximum atomic E-state index is 11.3. The van der Waals surface area contributed by atoms with Crippen LogP contribution in [0.5, 0.6) is 5.75 Å². The molecular weight excluding hydrogens is 260 g/mol. The van der Waals surface area contributed by atoms with Crippen LogP contribution in [0.2, 0.25) is 0 Å². The molecular formula is C11H11ClN2O4. The van der Waals surface area contributed by atoms with E-state index < -0.39 is 12.0 Å². The molecule has 0 radical (unpaired) electrons. The molecule has 0 saturated carbocycles. The molecule has 0 saturated heterocycles. The van der Waals surface area contributed by atoms with Gasteiger partial charge in [0.25, 0.3) is 0 Å². The van der Waals surface area contributed by atoms with Crippen molar-refractivity contribution in [2.24, 2.45) is 0 Å². The number of halogens is 1. The summed E-state index contributed by atoms with van der Waals surface area (Å²) in [6.45, 7) is 3.48. The van der Waals surface area contributed by atoms with E-state index >= 15 is 0 Å². The molecule has 1 aromatic carbocycles. The van der Waals surface area contributed by atoms with Gasteiger partial charge < -0.3 is 20.8 Å². The first-order chi connectivity index (χ1) is 8.40. The van der Waals surface area contributed by atoms with Crippen LogP contribution < -0.4 is 10.6 Å². The quantitative estimate of drug-likeness (QED) is 0.629. The van der Waals surface area contributed by atoms with Crippen LogP contribution in [0, 0.1) is 0 Å². The maximum Gasteiger partial charge on any atom is 0.335 e. The summed E-state index contributed by atoms with van der Waals surface area (Å²) < 4.78 is 0. The van der Waals surface area contributed by atoms with Crippen molar-refractivity contribution in [3.05, 3.63) is 35.4 Å². The number of hydrogen-bond donors (Lipinski definition) is 4. The number of nitrogens with one attached hydrogen (secondary N) is 2. The average Bonchev–Trinajstić information content (AvgIpc) is 2.29. The number of amides is 2. The van der Waals surface area contributed by atoms with Gasteiger partial charge in [-0.1, -0.05) is 18.2 Å². The first kappa shape index (κ1) is 13.9. The van der Waals surface area contributed by atoms with E-state index in [2.05, 4.69) is 17.2 Å². The summed E-state index contributed by atoms with van der Waals surface area (Å²) in [4.78, 5) is 22.0. The number of carboxylic acids is 1. The molecule has 96 valence electrons. The van der Waals surface area contributed by atoms with E-state index in [0.717, 1.165) is 6.07 Å². The lowest BCUT2D eigenvalue weighted by atomic mass is 10.2. The second kappa shape index (κ2) is 5.92. The monoisotopic (exact) mass is 270 g/mol. The molecule has 0 heterocycles. The van der Waals surface area contributed by atoms with Gasteiger partial charge >= 0.3 is 12.0 Å². The zero-order valence-corrected chi connectivity index (χ0v) is 9.99. The molecule has 0 unspecified atom stereocenters. The summed E-state index contributed by atoms with van der Waals surface area (Å²) in [5.41, 5.74) is 0.0188. The van der Waals surface area contributed by atoms with Crippen molar-refractivity contribution in [1.82, 2.24) is 5.32 Å². The smallest absolute Gasteiger partial charge is 0.335 e. The Balaban J connectivity index is 2.70. The van der Waals surface area contributed by atoms with Crippen LogP contribution in [0.15, 0.2) is 29.8 Å². The molecule has 18 heavy (non-hydrogen) atoms. The van der Waals surface area contributed by atoms with Crippen LogP contribution in [-0.4, -0.2) is 28.8 Å². The van der Waals surface area contributed by atoms with Gasteiger partial charge in [0.1, 0.15) is 5.75 Å². The van der Waals surface area contributed by atoms with Crippen molar-refractivity contribution >= 4 is 29.3 Å². The summed E-state index contributed by atoms with van der Waals surface area (Å²) in [6.07, 6.45) is 0. The van der Waals surface area contributed by atoms with Gasteiger partial charge in [-0.2, -0.15) is 0 Å². The van der Waals surface area contributed by atoms with Gasteiger partial charge in [0.05, 0.1) is 17.8 Å². The fourth-order valence-electron chi connectivity index (χ4n) is 1.11. The second-order valence-corrected chi connectivity index (χ2v) is 3.90. The van der Waals surface area contributed by atoms with Crippen LogP contribution in [0.1, 0.15) is 10.4 Å². The number of phenols is 1. The SMILES string of the molecule is C=C(Cl)CNC(=O)Nc1ccc(C(=O)O)cc1O. The van der Waals surface area contributed by atoms with Crippen LogP contribution >= 0.6 is 11.6 Å². The van der Waals surface area contributed by atoms with Crippen molar-refractivity contribution in [3.8, 4) is 5.75 Å². The van der Waals surface area contributed by atoms with Crippen molar-refractivity contribution in [2.75, 3.05) is 11.9 Å². The number of carbonyl (C=O) groups excluding carboxylic acids is 1. The van der Waals surface area contributed by atoms with Gasteiger partial charge in [-0.05, 0) is 18.2 Å². The highest BCUT2D eigenvalue weighted by atomic mass is 35.5. The Hall–Kier alpha value is -2.21. The van der Waals surface area contributed by atoms with Gasteiger partial charge in [-0.3, -0.25) is 0 Å². The summed E-state index contributed by atoms with van der Waals surface area (Å²) in [6, 6.07) is 3.00. The molecule has 1 aromatic rings. The lowest BCUT2D eigenvalue weighted by Crippen LogP contribution is -2.29. The molecule has 0 aliphatic heterocycles. The molecule has 0 aliphatic rings. The number of carboxylic acid groups (broad SMARTS) is 1. The lowest BCUT2D eigenvalue weighted by molar-refractivity contribution is 0.0696. The molecule has 2 amide bonds. The molecule has 0 atom stereocenters. The zero-order chi connectivity index (χ0) is 13.7. The normalized spacial score (nSPS) is 9.61. The van der Waals surface area contributed by atoms with Gasteiger partial charge in [0, 0.05) is 5.03 Å². The molecule has 1 rings (SSSR count). The Bertz CT molecular complexity index is 502.